The van der Waals surface area contributed by atoms with Gasteiger partial charge in [0.1, 0.15) is 18.2 Å². The number of nitrogens with zero attached hydrogens (tertiary/aromatic N) is 1. The number of benzene rings is 1. The molecule has 0 amide bonds. The van der Waals surface area contributed by atoms with Gasteiger partial charge in [0.05, 0.1) is 0 Å². The average Bonchev–Trinajstić information content (AvgIpc) is 2.95. The largest absolute Gasteiger partial charge is 0.492 e. The Balaban J connectivity index is 0.000000315. The van der Waals surface area contributed by atoms with Crippen LogP contribution in [0.4, 0.5) is 4.39 Å². The highest BCUT2D eigenvalue weighted by Crippen LogP contribution is 2.11. The van der Waals surface area contributed by atoms with Crippen molar-refractivity contribution in [2.24, 2.45) is 0 Å². The Morgan fingerprint density at radius 1 is 1.10 bits per heavy atom. The number of carbonyl (C=O) groups is 2. The molecule has 0 unspecified atom stereocenters. The third-order valence-corrected chi connectivity index (χ3v) is 2.87. The lowest BCUT2D eigenvalue weighted by Gasteiger charge is -2.14. The van der Waals surface area contributed by atoms with Gasteiger partial charge in [0, 0.05) is 6.54 Å². The Bertz CT molecular complexity index is 445. The lowest BCUT2D eigenvalue weighted by Crippen LogP contribution is -2.25. The molecule has 116 valence electrons. The van der Waals surface area contributed by atoms with Crippen LogP contribution in [0, 0.1) is 5.82 Å². The van der Waals surface area contributed by atoms with Crippen molar-refractivity contribution in [1.82, 2.24) is 4.90 Å². The Morgan fingerprint density at radius 2 is 1.62 bits per heavy atom. The molecule has 0 saturated carbocycles. The van der Waals surface area contributed by atoms with Crippen molar-refractivity contribution >= 4 is 11.9 Å². The third kappa shape index (κ3) is 7.26. The lowest BCUT2D eigenvalue weighted by atomic mass is 10.3. The zero-order chi connectivity index (χ0) is 15.7. The second-order valence-electron chi connectivity index (χ2n) is 4.46. The molecule has 0 aromatic heterocycles. The van der Waals surface area contributed by atoms with Gasteiger partial charge in [0.25, 0.3) is 0 Å². The Labute approximate surface area is 121 Å². The van der Waals surface area contributed by atoms with Crippen molar-refractivity contribution in [3.63, 3.8) is 0 Å². The Kier molecular flexibility index (Phi) is 7.17. The molecule has 21 heavy (non-hydrogen) atoms. The number of halogens is 1. The van der Waals surface area contributed by atoms with Crippen molar-refractivity contribution in [1.29, 1.82) is 0 Å². The maximum atomic E-state index is 12.6. The molecule has 1 aliphatic heterocycles. The van der Waals surface area contributed by atoms with Crippen LogP contribution in [0.5, 0.6) is 5.75 Å². The van der Waals surface area contributed by atoms with Crippen LogP contribution in [0.3, 0.4) is 0 Å². The van der Waals surface area contributed by atoms with Gasteiger partial charge in [-0.05, 0) is 50.2 Å². The van der Waals surface area contributed by atoms with E-state index in [9.17, 15) is 4.39 Å². The van der Waals surface area contributed by atoms with Crippen molar-refractivity contribution in [2.45, 2.75) is 12.8 Å². The molecule has 1 heterocycles. The molecule has 1 aliphatic rings. The number of hydrogen-bond acceptors (Lipinski definition) is 4. The maximum absolute atomic E-state index is 12.6. The Morgan fingerprint density at radius 3 is 2.10 bits per heavy atom. The molecule has 6 nitrogen and oxygen atoms in total. The zero-order valence-electron chi connectivity index (χ0n) is 11.5. The predicted octanol–water partition coefficient (Wildman–Crippen LogP) is 1.46. The molecule has 0 aliphatic carbocycles. The molecular formula is C14H18FNO5. The van der Waals surface area contributed by atoms with E-state index < -0.39 is 11.9 Å². The van der Waals surface area contributed by atoms with Gasteiger partial charge < -0.3 is 14.9 Å². The molecule has 0 atom stereocenters. The van der Waals surface area contributed by atoms with Crippen molar-refractivity contribution < 1.29 is 28.9 Å². The van der Waals surface area contributed by atoms with Crippen molar-refractivity contribution in [3.05, 3.63) is 30.1 Å². The number of carboxylic acid groups (broad SMARTS) is 2. The van der Waals surface area contributed by atoms with Gasteiger partial charge in [0.2, 0.25) is 0 Å². The van der Waals surface area contributed by atoms with E-state index in [2.05, 4.69) is 4.90 Å². The molecule has 1 aromatic rings. The summed E-state index contributed by atoms with van der Waals surface area (Å²) in [6, 6.07) is 6.18. The predicted molar refractivity (Wildman–Crippen MR) is 72.8 cm³/mol. The van der Waals surface area contributed by atoms with Crippen LogP contribution in [-0.4, -0.2) is 53.3 Å². The van der Waals surface area contributed by atoms with E-state index in [1.807, 2.05) is 0 Å². The van der Waals surface area contributed by atoms with Crippen LogP contribution in [0.1, 0.15) is 12.8 Å². The number of likely N-dealkylation sites (tertiary alicyclic amines) is 1. The fourth-order valence-corrected chi connectivity index (χ4v) is 1.83. The van der Waals surface area contributed by atoms with Gasteiger partial charge in [0.15, 0.2) is 0 Å². The minimum Gasteiger partial charge on any atom is -0.492 e. The molecule has 1 fully saturated rings. The Hall–Kier alpha value is -2.15. The second-order valence-corrected chi connectivity index (χ2v) is 4.46. The SMILES string of the molecule is Fc1ccc(OCCN2CCCC2)cc1.O=C(O)C(=O)O. The van der Waals surface area contributed by atoms with Gasteiger partial charge in [-0.1, -0.05) is 0 Å². The summed E-state index contributed by atoms with van der Waals surface area (Å²) < 4.78 is 18.1. The quantitative estimate of drug-likeness (QED) is 0.818. The smallest absolute Gasteiger partial charge is 0.414 e. The number of hydrogen-bond donors (Lipinski definition) is 2. The summed E-state index contributed by atoms with van der Waals surface area (Å²) in [5, 5.41) is 14.8. The molecular weight excluding hydrogens is 281 g/mol. The minimum atomic E-state index is -1.82. The number of aliphatic carboxylic acids is 2. The topological polar surface area (TPSA) is 87.1 Å². The monoisotopic (exact) mass is 299 g/mol. The van der Waals surface area contributed by atoms with E-state index in [1.54, 1.807) is 12.1 Å². The van der Waals surface area contributed by atoms with Gasteiger partial charge in [-0.25, -0.2) is 14.0 Å². The standard InChI is InChI=1S/C12H16FNO.C2H2O4/c13-11-3-5-12(6-4-11)15-10-9-14-7-1-2-8-14;3-1(4)2(5)6/h3-6H,1-2,7-10H2;(H,3,4)(H,5,6). The van der Waals surface area contributed by atoms with Crippen LogP contribution >= 0.6 is 0 Å². The van der Waals surface area contributed by atoms with E-state index in [-0.39, 0.29) is 5.82 Å². The lowest BCUT2D eigenvalue weighted by molar-refractivity contribution is -0.159. The first-order chi connectivity index (χ1) is 9.99. The first-order valence-electron chi connectivity index (χ1n) is 6.56. The summed E-state index contributed by atoms with van der Waals surface area (Å²) in [5.41, 5.74) is 0. The van der Waals surface area contributed by atoms with Crippen LogP contribution in [0.15, 0.2) is 24.3 Å². The second kappa shape index (κ2) is 8.91. The van der Waals surface area contributed by atoms with Gasteiger partial charge in [-0.15, -0.1) is 0 Å². The molecule has 7 heteroatoms. The van der Waals surface area contributed by atoms with E-state index in [4.69, 9.17) is 24.5 Å². The molecule has 0 spiro atoms. The molecule has 1 saturated heterocycles. The summed E-state index contributed by atoms with van der Waals surface area (Å²) >= 11 is 0. The van der Waals surface area contributed by atoms with Gasteiger partial charge >= 0.3 is 11.9 Å². The summed E-state index contributed by atoms with van der Waals surface area (Å²) in [6.45, 7) is 4.03. The fraction of sp³-hybridized carbons (Fsp3) is 0.429. The van der Waals surface area contributed by atoms with Crippen LogP contribution in [0.25, 0.3) is 0 Å². The zero-order valence-corrected chi connectivity index (χ0v) is 11.5. The number of rotatable bonds is 4. The average molecular weight is 299 g/mol. The van der Waals surface area contributed by atoms with Gasteiger partial charge in [-0.2, -0.15) is 0 Å². The third-order valence-electron chi connectivity index (χ3n) is 2.87. The first kappa shape index (κ1) is 16.9. The van der Waals surface area contributed by atoms with Gasteiger partial charge in [-0.3, -0.25) is 4.90 Å². The number of carboxylic acids is 2. The van der Waals surface area contributed by atoms with Crippen LogP contribution in [0.2, 0.25) is 0 Å². The molecule has 1 aromatic carbocycles. The summed E-state index contributed by atoms with van der Waals surface area (Å²) in [7, 11) is 0. The summed E-state index contributed by atoms with van der Waals surface area (Å²) in [6.07, 6.45) is 2.60. The molecule has 0 radical (unpaired) electrons. The highest BCUT2D eigenvalue weighted by molar-refractivity contribution is 6.27. The van der Waals surface area contributed by atoms with E-state index in [0.29, 0.717) is 6.61 Å². The highest BCUT2D eigenvalue weighted by atomic mass is 19.1. The fourth-order valence-electron chi connectivity index (χ4n) is 1.83. The van der Waals surface area contributed by atoms with E-state index in [0.717, 1.165) is 12.3 Å². The van der Waals surface area contributed by atoms with Crippen molar-refractivity contribution in [2.75, 3.05) is 26.2 Å². The van der Waals surface area contributed by atoms with Crippen LogP contribution in [-0.2, 0) is 9.59 Å². The summed E-state index contributed by atoms with van der Waals surface area (Å²) in [4.78, 5) is 20.6. The normalized spacial score (nSPS) is 14.1. The summed E-state index contributed by atoms with van der Waals surface area (Å²) in [5.74, 6) is -3.12. The van der Waals surface area contributed by atoms with E-state index in [1.165, 1.54) is 38.1 Å². The highest BCUT2D eigenvalue weighted by Gasteiger charge is 2.10. The molecule has 0 bridgehead atoms. The van der Waals surface area contributed by atoms with Crippen molar-refractivity contribution in [3.8, 4) is 5.75 Å². The van der Waals surface area contributed by atoms with Crippen LogP contribution < -0.4 is 4.74 Å². The molecule has 2 N–H and O–H groups in total. The van der Waals surface area contributed by atoms with E-state index >= 15 is 0 Å². The first-order valence-corrected chi connectivity index (χ1v) is 6.56. The number of ether oxygens (including phenoxy) is 1. The minimum absolute atomic E-state index is 0.220. The maximum Gasteiger partial charge on any atom is 0.414 e. The molecule has 2 rings (SSSR count).